The van der Waals surface area contributed by atoms with Crippen LogP contribution in [0.15, 0.2) is 79.0 Å². The highest BCUT2D eigenvalue weighted by atomic mass is 16.6. The van der Waals surface area contributed by atoms with Crippen LogP contribution in [-0.4, -0.2) is 87.2 Å². The van der Waals surface area contributed by atoms with Gasteiger partial charge in [0.15, 0.2) is 0 Å². The van der Waals surface area contributed by atoms with Crippen molar-refractivity contribution in [3.05, 3.63) is 90.1 Å². The van der Waals surface area contributed by atoms with Crippen molar-refractivity contribution in [2.24, 2.45) is 0 Å². The maximum atomic E-state index is 12.8. The smallest absolute Gasteiger partial charge is 0.305 e. The van der Waals surface area contributed by atoms with E-state index in [1.54, 1.807) is 6.20 Å². The number of nitrogens with zero attached hydrogens (tertiary/aromatic N) is 1. The molecule has 3 aromatic carbocycles. The van der Waals surface area contributed by atoms with Gasteiger partial charge in [-0.15, -0.1) is 0 Å². The molecule has 0 aliphatic carbocycles. The molecular weight excluding hydrogens is 785 g/mol. The Balaban J connectivity index is 0.00000196. The van der Waals surface area contributed by atoms with Crippen molar-refractivity contribution in [2.45, 2.75) is 113 Å². The minimum atomic E-state index is -1.05. The van der Waals surface area contributed by atoms with Crippen molar-refractivity contribution >= 4 is 34.4 Å². The quantitative estimate of drug-likeness (QED) is 0.0448. The normalized spacial score (nSPS) is 10.8. The zero-order valence-electron chi connectivity index (χ0n) is 38.9. The van der Waals surface area contributed by atoms with Crippen LogP contribution in [-0.2, 0) is 28.6 Å². The molecule has 0 aliphatic heterocycles. The summed E-state index contributed by atoms with van der Waals surface area (Å²) >= 11 is 0. The number of carboxylic acid groups (broad SMARTS) is 1. The lowest BCUT2D eigenvalue weighted by atomic mass is 9.95. The van der Waals surface area contributed by atoms with Crippen LogP contribution in [0, 0.1) is 6.92 Å². The average Bonchev–Trinajstić information content (AvgIpc) is 3.28. The Hall–Kier alpha value is -5.04. The molecule has 0 fully saturated rings. The van der Waals surface area contributed by atoms with Gasteiger partial charge in [0.05, 0.1) is 52.0 Å². The summed E-state index contributed by atoms with van der Waals surface area (Å²) < 4.78 is 22.6. The Morgan fingerprint density at radius 2 is 1.32 bits per heavy atom. The van der Waals surface area contributed by atoms with Gasteiger partial charge in [-0.3, -0.25) is 14.4 Å². The third-order valence-electron chi connectivity index (χ3n) is 8.80. The van der Waals surface area contributed by atoms with Crippen LogP contribution in [0.2, 0.25) is 0 Å². The van der Waals surface area contributed by atoms with Crippen LogP contribution < -0.4 is 20.7 Å². The Labute approximate surface area is 371 Å². The van der Waals surface area contributed by atoms with Crippen molar-refractivity contribution in [1.29, 1.82) is 0 Å². The summed E-state index contributed by atoms with van der Waals surface area (Å²) in [4.78, 5) is 41.1. The minimum Gasteiger partial charge on any atom is -0.491 e. The van der Waals surface area contributed by atoms with Crippen molar-refractivity contribution < 1.29 is 38.4 Å². The Morgan fingerprint density at radius 1 is 0.710 bits per heavy atom. The van der Waals surface area contributed by atoms with Gasteiger partial charge in [-0.25, -0.2) is 4.98 Å². The van der Waals surface area contributed by atoms with Gasteiger partial charge in [-0.2, -0.15) is 0 Å². The summed E-state index contributed by atoms with van der Waals surface area (Å²) in [5.41, 5.74) is 3.67. The number of amides is 2. The predicted octanol–water partition coefficient (Wildman–Crippen LogP) is 10.3. The van der Waals surface area contributed by atoms with Gasteiger partial charge in [0.2, 0.25) is 11.8 Å². The lowest BCUT2D eigenvalue weighted by Crippen LogP contribution is -2.39. The van der Waals surface area contributed by atoms with Gasteiger partial charge in [-0.05, 0) is 72.0 Å². The molecule has 4 aromatic rings. The highest BCUT2D eigenvalue weighted by Gasteiger charge is 2.19. The van der Waals surface area contributed by atoms with Crippen molar-refractivity contribution in [3.8, 4) is 16.9 Å². The number of rotatable bonds is 26. The number of carboxylic acids is 1. The van der Waals surface area contributed by atoms with Gasteiger partial charge in [0.25, 0.3) is 0 Å². The fourth-order valence-corrected chi connectivity index (χ4v) is 5.64. The summed E-state index contributed by atoms with van der Waals surface area (Å²) in [6.45, 7) is 20.8. The number of aliphatic carboxylic acids is 1. The molecule has 0 aliphatic rings. The number of anilines is 1. The van der Waals surface area contributed by atoms with E-state index in [1.807, 2.05) is 93.6 Å². The van der Waals surface area contributed by atoms with Gasteiger partial charge in [-0.1, -0.05) is 122 Å². The molecule has 12 heteroatoms. The maximum absolute atomic E-state index is 12.8. The molecule has 344 valence electrons. The van der Waals surface area contributed by atoms with E-state index in [0.29, 0.717) is 58.2 Å². The molecule has 0 unspecified atom stereocenters. The first-order chi connectivity index (χ1) is 30.2. The van der Waals surface area contributed by atoms with E-state index in [-0.39, 0.29) is 25.3 Å². The number of hydrogen-bond acceptors (Lipinski definition) is 9. The number of aromatic nitrogens is 1. The number of pyridine rings is 1. The van der Waals surface area contributed by atoms with E-state index in [4.69, 9.17) is 18.9 Å². The van der Waals surface area contributed by atoms with Gasteiger partial charge in [0.1, 0.15) is 18.2 Å². The number of unbranched alkanes of at least 4 members (excludes halogenated alkanes) is 2. The van der Waals surface area contributed by atoms with Crippen LogP contribution in [0.25, 0.3) is 21.9 Å². The molecule has 2 amide bonds. The standard InChI is InChI=1S/C41H52N4O8.C4H10.C3H8.C2H6/c1-3-20-50-21-22-51-23-24-52-25-26-53-37-16-15-33(34-8-4-5-9-35(34)37)31-11-13-32(14-12-31)36(28-41(48)49)45-40(47)29-44-39(46)10-6-7-18-42-38-27-30(2)17-19-43-38;1-3-4-2;1-3-2;1-2/h4-5,8-9,11-17,19,27,36H,3,6-7,10,18,20-26,28-29H2,1-2H3,(H,42,43)(H,44,46)(H,45,47)(H,48,49);3-4H2,1-2H3;3H2,1-2H3;1-2H3/t36-;;;/m0.../s1. The molecule has 1 aromatic heterocycles. The molecule has 4 rings (SSSR count). The van der Waals surface area contributed by atoms with E-state index < -0.39 is 17.9 Å². The van der Waals surface area contributed by atoms with E-state index in [0.717, 1.165) is 58.5 Å². The summed E-state index contributed by atoms with van der Waals surface area (Å²) in [5, 5.41) is 20.2. The van der Waals surface area contributed by atoms with Crippen molar-refractivity contribution in [2.75, 3.05) is 64.7 Å². The van der Waals surface area contributed by atoms with Crippen molar-refractivity contribution in [3.63, 3.8) is 0 Å². The van der Waals surface area contributed by atoms with E-state index in [9.17, 15) is 19.5 Å². The van der Waals surface area contributed by atoms with Crippen LogP contribution >= 0.6 is 0 Å². The largest absolute Gasteiger partial charge is 0.491 e. The molecule has 0 saturated heterocycles. The highest BCUT2D eigenvalue weighted by molar-refractivity contribution is 6.00. The van der Waals surface area contributed by atoms with Gasteiger partial charge < -0.3 is 40.0 Å². The van der Waals surface area contributed by atoms with Crippen LogP contribution in [0.3, 0.4) is 0 Å². The lowest BCUT2D eigenvalue weighted by Gasteiger charge is -2.19. The Kier molecular flexibility index (Phi) is 31.5. The third kappa shape index (κ3) is 23.8. The molecule has 0 radical (unpaired) electrons. The van der Waals surface area contributed by atoms with Crippen LogP contribution in [0.4, 0.5) is 5.82 Å². The number of carbonyl (C=O) groups excluding carboxylic acids is 2. The first-order valence-corrected chi connectivity index (χ1v) is 22.6. The fourth-order valence-electron chi connectivity index (χ4n) is 5.64. The summed E-state index contributed by atoms with van der Waals surface area (Å²) in [6, 6.07) is 22.5. The summed E-state index contributed by atoms with van der Waals surface area (Å²) in [6.07, 6.45) is 8.01. The van der Waals surface area contributed by atoms with E-state index >= 15 is 0 Å². The van der Waals surface area contributed by atoms with Gasteiger partial charge in [0, 0.05) is 31.2 Å². The van der Waals surface area contributed by atoms with Crippen LogP contribution in [0.1, 0.15) is 117 Å². The molecule has 1 atom stereocenters. The zero-order valence-corrected chi connectivity index (χ0v) is 38.9. The Morgan fingerprint density at radius 3 is 1.92 bits per heavy atom. The minimum absolute atomic E-state index is 0.241. The molecule has 0 spiro atoms. The highest BCUT2D eigenvalue weighted by Crippen LogP contribution is 2.35. The average molecular weight is 861 g/mol. The fraction of sp³-hybridized carbons (Fsp3) is 0.520. The summed E-state index contributed by atoms with van der Waals surface area (Å²) in [5.74, 6) is -0.210. The second-order valence-electron chi connectivity index (χ2n) is 14.3. The molecule has 1 heterocycles. The second-order valence-corrected chi connectivity index (χ2v) is 14.3. The summed E-state index contributed by atoms with van der Waals surface area (Å²) in [7, 11) is 0. The topological polar surface area (TPSA) is 157 Å². The predicted molar refractivity (Wildman–Crippen MR) is 253 cm³/mol. The van der Waals surface area contributed by atoms with Crippen molar-refractivity contribution in [1.82, 2.24) is 15.6 Å². The number of aryl methyl sites for hydroxylation is 1. The zero-order chi connectivity index (χ0) is 45.8. The maximum Gasteiger partial charge on any atom is 0.305 e. The molecule has 62 heavy (non-hydrogen) atoms. The first-order valence-electron chi connectivity index (χ1n) is 22.6. The monoisotopic (exact) mass is 861 g/mol. The number of nitrogens with one attached hydrogen (secondary N) is 3. The van der Waals surface area contributed by atoms with E-state index in [2.05, 4.69) is 55.6 Å². The van der Waals surface area contributed by atoms with Crippen LogP contribution in [0.5, 0.6) is 5.75 Å². The number of carbonyl (C=O) groups is 3. The molecule has 0 bridgehead atoms. The molecule has 4 N–H and O–H groups in total. The van der Waals surface area contributed by atoms with E-state index in [1.165, 1.54) is 19.3 Å². The number of ether oxygens (including phenoxy) is 4. The number of hydrogen-bond donors (Lipinski definition) is 4. The SMILES string of the molecule is CC.CCC.CCCC.CCCOCCOCCOCCOc1ccc(-c2ccc([C@H](CC(=O)O)NC(=O)CNC(=O)CCCCNc3cc(C)ccn3)cc2)c2ccccc12. The molecular formula is C50H76N4O8. The first kappa shape index (κ1) is 55.0. The lowest BCUT2D eigenvalue weighted by molar-refractivity contribution is -0.138. The third-order valence-corrected chi connectivity index (χ3v) is 8.80. The number of benzene rings is 3. The molecule has 12 nitrogen and oxygen atoms in total. The Bertz CT molecular complexity index is 1780. The second kappa shape index (κ2) is 35.5. The van der Waals surface area contributed by atoms with Gasteiger partial charge >= 0.3 is 5.97 Å². The number of fused-ring (bicyclic) bond motifs is 1. The molecule has 0 saturated carbocycles.